The molecule has 0 spiro atoms. The van der Waals surface area contributed by atoms with Crippen molar-refractivity contribution in [1.29, 1.82) is 5.26 Å². The Hall–Kier alpha value is -2.21. The first kappa shape index (κ1) is 13.2. The lowest BCUT2D eigenvalue weighted by atomic mass is 10.2. The number of fused-ring (bicyclic) bond motifs is 1. The summed E-state index contributed by atoms with van der Waals surface area (Å²) in [5, 5.41) is 27.4. The molecule has 4 N–H and O–H groups in total. The maximum Gasteiger partial charge on any atom is 0.148 e. The molecule has 0 saturated carbocycles. The van der Waals surface area contributed by atoms with E-state index in [9.17, 15) is 0 Å². The van der Waals surface area contributed by atoms with Gasteiger partial charge in [0.05, 0.1) is 24.2 Å². The second-order valence-corrected chi connectivity index (χ2v) is 3.86. The molecule has 0 aliphatic rings. The van der Waals surface area contributed by atoms with E-state index in [0.29, 0.717) is 16.6 Å². The molecule has 2 aromatic heterocycles. The minimum Gasteiger partial charge on any atom is -0.394 e. The Balaban J connectivity index is 2.34. The summed E-state index contributed by atoms with van der Waals surface area (Å²) in [6.45, 7) is -0.545. The maximum atomic E-state index is 9.05. The monoisotopic (exact) mass is 263 g/mol. The first-order chi connectivity index (χ1) is 9.21. The zero-order chi connectivity index (χ0) is 13.8. The number of anilines is 1. The zero-order valence-corrected chi connectivity index (χ0v) is 10.0. The summed E-state index contributed by atoms with van der Waals surface area (Å²) in [6.07, 6.45) is 2.16. The Morgan fingerprint density at radius 2 is 2.16 bits per heavy atom. The quantitative estimate of drug-likeness (QED) is 0.644. The second-order valence-electron chi connectivity index (χ2n) is 3.86. The summed E-state index contributed by atoms with van der Waals surface area (Å²) in [6, 6.07) is 2.01. The molecule has 0 aliphatic carbocycles. The highest BCUT2D eigenvalue weighted by Crippen LogP contribution is 2.23. The van der Waals surface area contributed by atoms with Crippen molar-refractivity contribution >= 4 is 16.9 Å². The highest BCUT2D eigenvalue weighted by atomic mass is 16.5. The van der Waals surface area contributed by atoms with Crippen LogP contribution in [0.25, 0.3) is 11.0 Å². The van der Waals surface area contributed by atoms with Crippen molar-refractivity contribution in [3.63, 3.8) is 0 Å². The van der Waals surface area contributed by atoms with Crippen LogP contribution in [0.3, 0.4) is 0 Å². The molecule has 0 fully saturated rings. The Bertz CT molecular complexity index is 615. The zero-order valence-electron chi connectivity index (χ0n) is 10.0. The Morgan fingerprint density at radius 3 is 2.79 bits per heavy atom. The lowest BCUT2D eigenvalue weighted by molar-refractivity contribution is -0.0487. The fourth-order valence-corrected chi connectivity index (χ4v) is 1.68. The smallest absolute Gasteiger partial charge is 0.148 e. The molecule has 0 bridgehead atoms. The minimum absolute atomic E-state index is 0.0421. The normalized spacial score (nSPS) is 11.1. The van der Waals surface area contributed by atoms with Crippen molar-refractivity contribution in [1.82, 2.24) is 14.5 Å². The summed E-state index contributed by atoms with van der Waals surface area (Å²) in [5.74, 6) is 0.223. The van der Waals surface area contributed by atoms with Gasteiger partial charge in [0.1, 0.15) is 36.7 Å². The average molecular weight is 263 g/mol. The lowest BCUT2D eigenvalue weighted by Gasteiger charge is -2.13. The third-order valence-corrected chi connectivity index (χ3v) is 2.66. The number of nitrogen functional groups attached to an aromatic ring is 1. The van der Waals surface area contributed by atoms with Gasteiger partial charge in [-0.2, -0.15) is 5.26 Å². The van der Waals surface area contributed by atoms with Gasteiger partial charge >= 0.3 is 0 Å². The van der Waals surface area contributed by atoms with Gasteiger partial charge in [0.2, 0.25) is 0 Å². The first-order valence-corrected chi connectivity index (χ1v) is 5.54. The van der Waals surface area contributed by atoms with E-state index in [-0.39, 0.29) is 25.8 Å². The van der Waals surface area contributed by atoms with Gasteiger partial charge in [0.25, 0.3) is 0 Å². The van der Waals surface area contributed by atoms with E-state index in [1.165, 1.54) is 6.33 Å². The van der Waals surface area contributed by atoms with Crippen LogP contribution in [0.1, 0.15) is 5.56 Å². The van der Waals surface area contributed by atoms with E-state index in [1.807, 2.05) is 6.07 Å². The molecule has 100 valence electrons. The van der Waals surface area contributed by atoms with Crippen LogP contribution in [-0.2, 0) is 11.5 Å². The number of aliphatic hydroxyl groups excluding tert-OH is 2. The topological polar surface area (TPSA) is 130 Å². The van der Waals surface area contributed by atoms with Crippen LogP contribution in [0.2, 0.25) is 0 Å². The molecule has 0 saturated heterocycles. The van der Waals surface area contributed by atoms with Crippen molar-refractivity contribution < 1.29 is 14.9 Å². The van der Waals surface area contributed by atoms with Gasteiger partial charge in [-0.1, -0.05) is 0 Å². The minimum atomic E-state index is -0.679. The van der Waals surface area contributed by atoms with Crippen LogP contribution in [0.5, 0.6) is 0 Å². The molecule has 2 rings (SSSR count). The number of hydrogen-bond acceptors (Lipinski definition) is 7. The molecule has 0 aliphatic heterocycles. The fourth-order valence-electron chi connectivity index (χ4n) is 1.68. The van der Waals surface area contributed by atoms with E-state index in [0.717, 1.165) is 0 Å². The van der Waals surface area contributed by atoms with E-state index in [1.54, 1.807) is 10.8 Å². The average Bonchev–Trinajstić information content (AvgIpc) is 2.80. The van der Waals surface area contributed by atoms with Crippen molar-refractivity contribution in [2.75, 3.05) is 18.9 Å². The van der Waals surface area contributed by atoms with Crippen LogP contribution in [-0.4, -0.2) is 44.1 Å². The maximum absolute atomic E-state index is 9.05. The Morgan fingerprint density at radius 1 is 1.42 bits per heavy atom. The SMILES string of the molecule is N#Cc1cn(COC(CO)CO)c2ncnc(N)c12. The summed E-state index contributed by atoms with van der Waals surface area (Å²) in [4.78, 5) is 7.89. The summed E-state index contributed by atoms with van der Waals surface area (Å²) < 4.78 is 6.86. The van der Waals surface area contributed by atoms with Crippen LogP contribution in [0.15, 0.2) is 12.5 Å². The van der Waals surface area contributed by atoms with Crippen molar-refractivity contribution in [2.24, 2.45) is 0 Å². The summed E-state index contributed by atoms with van der Waals surface area (Å²) in [5.41, 5.74) is 6.54. The molecule has 0 atom stereocenters. The largest absolute Gasteiger partial charge is 0.394 e. The molecule has 8 heteroatoms. The fraction of sp³-hybridized carbons (Fsp3) is 0.364. The molecule has 2 aromatic rings. The summed E-state index contributed by atoms with van der Waals surface area (Å²) in [7, 11) is 0. The molecule has 0 amide bonds. The predicted octanol–water partition coefficient (Wildman–Crippen LogP) is -0.788. The van der Waals surface area contributed by atoms with Gasteiger partial charge in [-0.15, -0.1) is 0 Å². The van der Waals surface area contributed by atoms with Gasteiger partial charge in [0.15, 0.2) is 0 Å². The number of nitriles is 1. The lowest BCUT2D eigenvalue weighted by Crippen LogP contribution is -2.23. The highest BCUT2D eigenvalue weighted by molar-refractivity contribution is 5.91. The third-order valence-electron chi connectivity index (χ3n) is 2.66. The first-order valence-electron chi connectivity index (χ1n) is 5.54. The van der Waals surface area contributed by atoms with Gasteiger partial charge < -0.3 is 25.3 Å². The highest BCUT2D eigenvalue weighted by Gasteiger charge is 2.14. The van der Waals surface area contributed by atoms with Gasteiger partial charge in [0, 0.05) is 6.20 Å². The second kappa shape index (κ2) is 5.62. The number of ether oxygens (including phenoxy) is 1. The van der Waals surface area contributed by atoms with Gasteiger partial charge in [-0.25, -0.2) is 9.97 Å². The Labute approximate surface area is 108 Å². The third kappa shape index (κ3) is 2.48. The summed E-state index contributed by atoms with van der Waals surface area (Å²) >= 11 is 0. The number of nitrogens with two attached hydrogens (primary N) is 1. The Kier molecular flexibility index (Phi) is 3.91. The van der Waals surface area contributed by atoms with Crippen LogP contribution in [0.4, 0.5) is 5.82 Å². The standard InChI is InChI=1S/C11H13N5O3/c12-1-7-2-16(6-19-8(3-17)4-18)11-9(7)10(13)14-5-15-11/h2,5,8,17-18H,3-4,6H2,(H2,13,14,15). The molecule has 19 heavy (non-hydrogen) atoms. The van der Waals surface area contributed by atoms with Crippen LogP contribution < -0.4 is 5.73 Å². The molecular weight excluding hydrogens is 250 g/mol. The van der Waals surface area contributed by atoms with E-state index in [4.69, 9.17) is 25.9 Å². The number of hydrogen-bond donors (Lipinski definition) is 3. The van der Waals surface area contributed by atoms with E-state index >= 15 is 0 Å². The van der Waals surface area contributed by atoms with Crippen molar-refractivity contribution in [3.05, 3.63) is 18.1 Å². The predicted molar refractivity (Wildman–Crippen MR) is 65.7 cm³/mol. The molecule has 0 aromatic carbocycles. The van der Waals surface area contributed by atoms with Gasteiger partial charge in [-0.05, 0) is 0 Å². The van der Waals surface area contributed by atoms with E-state index < -0.39 is 6.10 Å². The van der Waals surface area contributed by atoms with E-state index in [2.05, 4.69) is 9.97 Å². The van der Waals surface area contributed by atoms with Gasteiger partial charge in [-0.3, -0.25) is 0 Å². The molecule has 0 radical (unpaired) electrons. The number of nitrogens with zero attached hydrogens (tertiary/aromatic N) is 4. The number of rotatable bonds is 5. The van der Waals surface area contributed by atoms with Crippen molar-refractivity contribution in [3.8, 4) is 6.07 Å². The molecule has 2 heterocycles. The molecular formula is C11H13N5O3. The van der Waals surface area contributed by atoms with Crippen LogP contribution >= 0.6 is 0 Å². The molecule has 8 nitrogen and oxygen atoms in total. The van der Waals surface area contributed by atoms with Crippen LogP contribution in [0, 0.1) is 11.3 Å². The molecule has 0 unspecified atom stereocenters. The number of aromatic nitrogens is 3. The van der Waals surface area contributed by atoms with Crippen molar-refractivity contribution in [2.45, 2.75) is 12.8 Å². The number of aliphatic hydroxyl groups is 2.